The Bertz CT molecular complexity index is 604. The van der Waals surface area contributed by atoms with Crippen molar-refractivity contribution >= 4 is 11.8 Å². The van der Waals surface area contributed by atoms with Crippen LogP contribution in [-0.4, -0.2) is 30.6 Å². The lowest BCUT2D eigenvalue weighted by molar-refractivity contribution is 0.881. The fourth-order valence-corrected chi connectivity index (χ4v) is 2.21. The summed E-state index contributed by atoms with van der Waals surface area (Å²) in [6.07, 6.45) is 1.83. The van der Waals surface area contributed by atoms with Crippen molar-refractivity contribution in [1.29, 1.82) is 0 Å². The van der Waals surface area contributed by atoms with E-state index in [2.05, 4.69) is 30.6 Å². The lowest BCUT2D eigenvalue weighted by Gasteiger charge is -1.95. The van der Waals surface area contributed by atoms with Crippen molar-refractivity contribution in [3.05, 3.63) is 42.4 Å². The van der Waals surface area contributed by atoms with E-state index < -0.39 is 0 Å². The Labute approximate surface area is 107 Å². The van der Waals surface area contributed by atoms with Gasteiger partial charge in [-0.25, -0.2) is 4.98 Å². The second-order valence-electron chi connectivity index (χ2n) is 3.58. The maximum absolute atomic E-state index is 4.31. The number of aromatic nitrogens is 6. The molecule has 1 aromatic carbocycles. The van der Waals surface area contributed by atoms with Gasteiger partial charge in [0.05, 0.1) is 17.6 Å². The third-order valence-corrected chi connectivity index (χ3v) is 3.25. The topological polar surface area (TPSA) is 83.1 Å². The molecule has 0 aliphatic heterocycles. The Balaban J connectivity index is 1.70. The molecule has 3 aromatic rings. The highest BCUT2D eigenvalue weighted by atomic mass is 32.2. The van der Waals surface area contributed by atoms with Gasteiger partial charge in [0, 0.05) is 0 Å². The third-order valence-electron chi connectivity index (χ3n) is 2.36. The molecule has 0 aliphatic rings. The van der Waals surface area contributed by atoms with Crippen LogP contribution in [0.2, 0.25) is 0 Å². The number of benzene rings is 1. The summed E-state index contributed by atoms with van der Waals surface area (Å²) in [6, 6.07) is 10.1. The van der Waals surface area contributed by atoms with Crippen molar-refractivity contribution in [2.24, 2.45) is 0 Å². The summed E-state index contributed by atoms with van der Waals surface area (Å²) >= 11 is 1.54. The predicted molar refractivity (Wildman–Crippen MR) is 67.8 cm³/mol. The maximum Gasteiger partial charge on any atom is 0.184 e. The first-order valence-electron chi connectivity index (χ1n) is 5.37. The smallest absolute Gasteiger partial charge is 0.184 e. The molecule has 2 N–H and O–H groups in total. The van der Waals surface area contributed by atoms with Gasteiger partial charge < -0.3 is 4.98 Å². The Morgan fingerprint density at radius 3 is 2.83 bits per heavy atom. The zero-order valence-corrected chi connectivity index (χ0v) is 10.2. The first-order valence-corrected chi connectivity index (χ1v) is 6.36. The van der Waals surface area contributed by atoms with Crippen LogP contribution in [0.1, 0.15) is 5.82 Å². The van der Waals surface area contributed by atoms with Crippen LogP contribution in [0.3, 0.4) is 0 Å². The minimum Gasteiger partial charge on any atom is -0.333 e. The van der Waals surface area contributed by atoms with E-state index in [-0.39, 0.29) is 0 Å². The number of hydrogen-bond acceptors (Lipinski definition) is 5. The van der Waals surface area contributed by atoms with Crippen molar-refractivity contribution in [3.8, 4) is 11.3 Å². The van der Waals surface area contributed by atoms with Crippen LogP contribution >= 0.6 is 11.8 Å². The van der Waals surface area contributed by atoms with Crippen molar-refractivity contribution < 1.29 is 0 Å². The average Bonchev–Trinajstić information content (AvgIpc) is 3.09. The molecule has 3 rings (SSSR count). The van der Waals surface area contributed by atoms with Gasteiger partial charge in [0.15, 0.2) is 11.0 Å². The molecule has 0 spiro atoms. The molecule has 7 heteroatoms. The lowest BCUT2D eigenvalue weighted by Crippen LogP contribution is -1.85. The van der Waals surface area contributed by atoms with Crippen LogP contribution in [0, 0.1) is 0 Å². The van der Waals surface area contributed by atoms with E-state index in [1.54, 1.807) is 11.8 Å². The highest BCUT2D eigenvalue weighted by Gasteiger charge is 2.05. The molecule has 0 radical (unpaired) electrons. The number of tetrazole rings is 1. The van der Waals surface area contributed by atoms with Gasteiger partial charge in [-0.1, -0.05) is 47.3 Å². The van der Waals surface area contributed by atoms with Gasteiger partial charge in [-0.3, -0.25) is 0 Å². The number of nitrogens with zero attached hydrogens (tertiary/aromatic N) is 4. The van der Waals surface area contributed by atoms with Gasteiger partial charge >= 0.3 is 0 Å². The monoisotopic (exact) mass is 258 g/mol. The molecule has 0 aliphatic carbocycles. The number of nitrogens with one attached hydrogen (secondary N) is 2. The first kappa shape index (κ1) is 11.0. The summed E-state index contributed by atoms with van der Waals surface area (Å²) in [5.74, 6) is 1.30. The Morgan fingerprint density at radius 2 is 2.06 bits per heavy atom. The fraction of sp³-hybridized carbons (Fsp3) is 0.0909. The van der Waals surface area contributed by atoms with Crippen LogP contribution < -0.4 is 0 Å². The molecule has 0 amide bonds. The average molecular weight is 258 g/mol. The summed E-state index contributed by atoms with van der Waals surface area (Å²) in [7, 11) is 0. The lowest BCUT2D eigenvalue weighted by atomic mass is 10.2. The molecule has 18 heavy (non-hydrogen) atoms. The molecule has 6 nitrogen and oxygen atoms in total. The molecule has 0 bridgehead atoms. The third kappa shape index (κ3) is 2.40. The van der Waals surface area contributed by atoms with Crippen LogP contribution in [0.4, 0.5) is 0 Å². The zero-order chi connectivity index (χ0) is 12.2. The number of hydrogen-bond donors (Lipinski definition) is 2. The Hall–Kier alpha value is -2.15. The van der Waals surface area contributed by atoms with Gasteiger partial charge in [0.25, 0.3) is 0 Å². The summed E-state index contributed by atoms with van der Waals surface area (Å²) in [6.45, 7) is 0. The molecular weight excluding hydrogens is 248 g/mol. The van der Waals surface area contributed by atoms with Gasteiger partial charge in [0.1, 0.15) is 0 Å². The summed E-state index contributed by atoms with van der Waals surface area (Å²) < 4.78 is 0. The van der Waals surface area contributed by atoms with E-state index >= 15 is 0 Å². The number of aromatic amines is 2. The number of imidazole rings is 1. The fourth-order valence-electron chi connectivity index (χ4n) is 1.52. The highest BCUT2D eigenvalue weighted by Crippen LogP contribution is 2.22. The molecule has 2 heterocycles. The SMILES string of the molecule is c1ccc(-c2cnc(SCc3nn[nH]n3)[nH]2)cc1. The molecule has 2 aromatic heterocycles. The minimum absolute atomic E-state index is 0.637. The summed E-state index contributed by atoms with van der Waals surface area (Å²) in [5, 5.41) is 14.5. The first-order chi connectivity index (χ1) is 8.92. The largest absolute Gasteiger partial charge is 0.333 e. The second-order valence-corrected chi connectivity index (χ2v) is 4.55. The van der Waals surface area contributed by atoms with E-state index in [0.29, 0.717) is 11.6 Å². The van der Waals surface area contributed by atoms with Crippen LogP contribution in [0.5, 0.6) is 0 Å². The van der Waals surface area contributed by atoms with Crippen LogP contribution in [-0.2, 0) is 5.75 Å². The summed E-state index contributed by atoms with van der Waals surface area (Å²) in [5.41, 5.74) is 2.13. The van der Waals surface area contributed by atoms with E-state index in [0.717, 1.165) is 16.4 Å². The number of thioether (sulfide) groups is 1. The van der Waals surface area contributed by atoms with Crippen LogP contribution in [0.15, 0.2) is 41.7 Å². The minimum atomic E-state index is 0.637. The van der Waals surface area contributed by atoms with Crippen LogP contribution in [0.25, 0.3) is 11.3 Å². The Kier molecular flexibility index (Phi) is 3.05. The molecule has 0 unspecified atom stereocenters. The van der Waals surface area contributed by atoms with E-state index in [1.165, 1.54) is 0 Å². The summed E-state index contributed by atoms with van der Waals surface area (Å²) in [4.78, 5) is 7.57. The molecule has 0 atom stereocenters. The van der Waals surface area contributed by atoms with Crippen molar-refractivity contribution in [1.82, 2.24) is 30.6 Å². The molecule has 0 saturated heterocycles. The quantitative estimate of drug-likeness (QED) is 0.698. The van der Waals surface area contributed by atoms with Gasteiger partial charge in [0.2, 0.25) is 0 Å². The number of H-pyrrole nitrogens is 2. The molecule has 0 fully saturated rings. The Morgan fingerprint density at radius 1 is 1.17 bits per heavy atom. The second kappa shape index (κ2) is 5.01. The van der Waals surface area contributed by atoms with Gasteiger partial charge in [-0.2, -0.15) is 5.21 Å². The van der Waals surface area contributed by atoms with Gasteiger partial charge in [-0.15, -0.1) is 10.2 Å². The molecule has 0 saturated carbocycles. The van der Waals surface area contributed by atoms with Crippen molar-refractivity contribution in [2.75, 3.05) is 0 Å². The highest BCUT2D eigenvalue weighted by molar-refractivity contribution is 7.98. The van der Waals surface area contributed by atoms with E-state index in [4.69, 9.17) is 0 Å². The van der Waals surface area contributed by atoms with Crippen molar-refractivity contribution in [3.63, 3.8) is 0 Å². The maximum atomic E-state index is 4.31. The normalized spacial score (nSPS) is 10.7. The number of rotatable bonds is 4. The van der Waals surface area contributed by atoms with E-state index in [1.807, 2.05) is 36.5 Å². The van der Waals surface area contributed by atoms with Gasteiger partial charge in [-0.05, 0) is 5.56 Å². The molecular formula is C11H10N6S. The predicted octanol–water partition coefficient (Wildman–Crippen LogP) is 1.88. The zero-order valence-electron chi connectivity index (χ0n) is 9.37. The standard InChI is InChI=1S/C11H10N6S/c1-2-4-8(5-3-1)9-6-12-11(13-9)18-7-10-14-16-17-15-10/h1-6H,7H2,(H,12,13)(H,14,15,16,17). The van der Waals surface area contributed by atoms with Crippen molar-refractivity contribution in [2.45, 2.75) is 10.9 Å². The van der Waals surface area contributed by atoms with E-state index in [9.17, 15) is 0 Å². The molecule has 90 valence electrons.